The van der Waals surface area contributed by atoms with Gasteiger partial charge in [0, 0.05) is 10.9 Å². The van der Waals surface area contributed by atoms with Gasteiger partial charge in [-0.05, 0) is 40.0 Å². The summed E-state index contributed by atoms with van der Waals surface area (Å²) in [4.78, 5) is 6.25. The molecule has 0 aliphatic heterocycles. The predicted molar refractivity (Wildman–Crippen MR) is 81.3 cm³/mol. The topological polar surface area (TPSA) is 24.9 Å². The van der Waals surface area contributed by atoms with Gasteiger partial charge in [0.15, 0.2) is 0 Å². The first-order valence-electron chi connectivity index (χ1n) is 7.09. The number of hydrogen-bond acceptors (Lipinski definition) is 3. The van der Waals surface area contributed by atoms with Crippen molar-refractivity contribution >= 4 is 11.3 Å². The molecular formula is C15H28N2S. The van der Waals surface area contributed by atoms with E-state index in [-0.39, 0.29) is 5.54 Å². The van der Waals surface area contributed by atoms with Crippen LogP contribution in [-0.2, 0) is 12.0 Å². The van der Waals surface area contributed by atoms with E-state index >= 15 is 0 Å². The molecule has 2 atom stereocenters. The summed E-state index contributed by atoms with van der Waals surface area (Å²) in [6.45, 7) is 15.7. The summed E-state index contributed by atoms with van der Waals surface area (Å²) in [5, 5.41) is 4.99. The van der Waals surface area contributed by atoms with Gasteiger partial charge in [0.05, 0.1) is 11.2 Å². The van der Waals surface area contributed by atoms with Gasteiger partial charge in [-0.15, -0.1) is 11.3 Å². The van der Waals surface area contributed by atoms with Gasteiger partial charge in [-0.25, -0.2) is 4.98 Å². The molecule has 3 heteroatoms. The summed E-state index contributed by atoms with van der Waals surface area (Å²) in [6, 6.07) is 0.471. The van der Waals surface area contributed by atoms with Crippen molar-refractivity contribution in [2.45, 2.75) is 72.9 Å². The van der Waals surface area contributed by atoms with E-state index in [0.717, 1.165) is 12.8 Å². The summed E-state index contributed by atoms with van der Waals surface area (Å²) in [5.41, 5.74) is 1.25. The van der Waals surface area contributed by atoms with Crippen LogP contribution in [0.3, 0.4) is 0 Å². The lowest BCUT2D eigenvalue weighted by Crippen LogP contribution is -2.48. The van der Waals surface area contributed by atoms with Crippen LogP contribution in [-0.4, -0.2) is 11.0 Å². The van der Waals surface area contributed by atoms with E-state index in [0.29, 0.717) is 12.0 Å². The number of hydrogen-bond donors (Lipinski definition) is 1. The minimum absolute atomic E-state index is 0.00817. The Hall–Kier alpha value is -0.410. The minimum atomic E-state index is -0.00817. The van der Waals surface area contributed by atoms with Crippen LogP contribution < -0.4 is 5.32 Å². The zero-order chi connectivity index (χ0) is 13.9. The molecule has 0 saturated carbocycles. The molecule has 0 radical (unpaired) electrons. The Balaban J connectivity index is 3.16. The van der Waals surface area contributed by atoms with Crippen LogP contribution in [0.15, 0.2) is 0 Å². The molecule has 104 valence electrons. The smallest absolute Gasteiger partial charge is 0.113 e. The molecule has 1 aromatic heterocycles. The van der Waals surface area contributed by atoms with Crippen molar-refractivity contribution in [3.63, 3.8) is 0 Å². The first kappa shape index (κ1) is 15.6. The molecule has 2 unspecified atom stereocenters. The molecule has 0 spiro atoms. The van der Waals surface area contributed by atoms with E-state index in [1.165, 1.54) is 15.6 Å². The Morgan fingerprint density at radius 2 is 1.89 bits per heavy atom. The van der Waals surface area contributed by atoms with Gasteiger partial charge in [-0.3, -0.25) is 0 Å². The summed E-state index contributed by atoms with van der Waals surface area (Å²) < 4.78 is 0. The number of aromatic nitrogens is 1. The van der Waals surface area contributed by atoms with Gasteiger partial charge in [-0.1, -0.05) is 27.2 Å². The van der Waals surface area contributed by atoms with Crippen molar-refractivity contribution < 1.29 is 0 Å². The maximum atomic E-state index is 4.88. The van der Waals surface area contributed by atoms with Gasteiger partial charge in [0.2, 0.25) is 0 Å². The first-order valence-corrected chi connectivity index (χ1v) is 7.91. The second-order valence-electron chi connectivity index (χ2n) is 5.69. The zero-order valence-corrected chi connectivity index (χ0v) is 13.7. The Bertz CT molecular complexity index is 384. The molecule has 18 heavy (non-hydrogen) atoms. The third-order valence-corrected chi connectivity index (χ3v) is 5.11. The molecule has 1 aromatic rings. The lowest BCUT2D eigenvalue weighted by atomic mass is 9.85. The molecule has 0 bridgehead atoms. The molecular weight excluding hydrogens is 240 g/mol. The van der Waals surface area contributed by atoms with E-state index in [2.05, 4.69) is 53.8 Å². The molecule has 0 aromatic carbocycles. The molecule has 1 heterocycles. The lowest BCUT2D eigenvalue weighted by molar-refractivity contribution is 0.223. The van der Waals surface area contributed by atoms with Crippen molar-refractivity contribution in [1.82, 2.24) is 10.3 Å². The minimum Gasteiger partial charge on any atom is -0.303 e. The summed E-state index contributed by atoms with van der Waals surface area (Å²) in [7, 11) is 0. The van der Waals surface area contributed by atoms with Gasteiger partial charge in [-0.2, -0.15) is 0 Å². The zero-order valence-electron chi connectivity index (χ0n) is 12.9. The van der Waals surface area contributed by atoms with Crippen molar-refractivity contribution in [3.05, 3.63) is 15.6 Å². The predicted octanol–water partition coefficient (Wildman–Crippen LogP) is 4.27. The molecule has 2 nitrogen and oxygen atoms in total. The number of aryl methyl sites for hydroxylation is 2. The second kappa shape index (κ2) is 6.16. The normalized spacial score (nSPS) is 16.9. The van der Waals surface area contributed by atoms with Crippen LogP contribution in [0.1, 0.15) is 63.5 Å². The molecule has 1 rings (SSSR count). The van der Waals surface area contributed by atoms with Crippen molar-refractivity contribution in [2.75, 3.05) is 0 Å². The lowest BCUT2D eigenvalue weighted by Gasteiger charge is -2.36. The Morgan fingerprint density at radius 1 is 1.28 bits per heavy atom. The van der Waals surface area contributed by atoms with Gasteiger partial charge < -0.3 is 5.32 Å². The third kappa shape index (κ3) is 3.12. The highest BCUT2D eigenvalue weighted by Crippen LogP contribution is 2.35. The molecule has 0 fully saturated rings. The van der Waals surface area contributed by atoms with Crippen LogP contribution >= 0.6 is 11.3 Å². The van der Waals surface area contributed by atoms with Crippen LogP contribution in [0.5, 0.6) is 0 Å². The fourth-order valence-corrected chi connectivity index (χ4v) is 3.63. The first-order chi connectivity index (χ1) is 8.35. The Kier molecular flexibility index (Phi) is 5.35. The highest BCUT2D eigenvalue weighted by molar-refractivity contribution is 7.11. The van der Waals surface area contributed by atoms with Crippen LogP contribution in [0.4, 0.5) is 0 Å². The molecule has 0 amide bonds. The maximum Gasteiger partial charge on any atom is 0.113 e. The van der Waals surface area contributed by atoms with Crippen molar-refractivity contribution in [3.8, 4) is 0 Å². The summed E-state index contributed by atoms with van der Waals surface area (Å²) >= 11 is 1.86. The van der Waals surface area contributed by atoms with E-state index in [4.69, 9.17) is 4.98 Å². The second-order valence-corrected chi connectivity index (χ2v) is 6.89. The van der Waals surface area contributed by atoms with E-state index < -0.39 is 0 Å². The fraction of sp³-hybridized carbons (Fsp3) is 0.800. The summed E-state index contributed by atoms with van der Waals surface area (Å²) in [6.07, 6.45) is 2.19. The van der Waals surface area contributed by atoms with Crippen LogP contribution in [0.2, 0.25) is 0 Å². The number of thiazole rings is 1. The van der Waals surface area contributed by atoms with Crippen molar-refractivity contribution in [1.29, 1.82) is 0 Å². The van der Waals surface area contributed by atoms with Gasteiger partial charge >= 0.3 is 0 Å². The Labute approximate surface area is 116 Å². The Morgan fingerprint density at radius 3 is 2.28 bits per heavy atom. The quantitative estimate of drug-likeness (QED) is 0.833. The standard InChI is InChI=1S/C15H28N2S/c1-8-11(5)15(7,17-10(3)4)14-16-13(9-2)12(6)18-14/h10-11,17H,8-9H2,1-7H3. The van der Waals surface area contributed by atoms with Crippen molar-refractivity contribution in [2.24, 2.45) is 5.92 Å². The molecule has 0 aliphatic rings. The largest absolute Gasteiger partial charge is 0.303 e. The average molecular weight is 268 g/mol. The average Bonchev–Trinajstić information content (AvgIpc) is 2.68. The van der Waals surface area contributed by atoms with E-state index in [1.807, 2.05) is 11.3 Å². The monoisotopic (exact) mass is 268 g/mol. The van der Waals surface area contributed by atoms with Crippen LogP contribution in [0.25, 0.3) is 0 Å². The molecule has 1 N–H and O–H groups in total. The number of rotatable bonds is 6. The molecule has 0 aliphatic carbocycles. The highest BCUT2D eigenvalue weighted by atomic mass is 32.1. The van der Waals surface area contributed by atoms with Gasteiger partial charge in [0.1, 0.15) is 5.01 Å². The number of nitrogens with zero attached hydrogens (tertiary/aromatic N) is 1. The third-order valence-electron chi connectivity index (χ3n) is 3.86. The SMILES string of the molecule is CCc1nc(C(C)(NC(C)C)C(C)CC)sc1C. The maximum absolute atomic E-state index is 4.88. The number of nitrogens with one attached hydrogen (secondary N) is 1. The molecule has 0 saturated heterocycles. The van der Waals surface area contributed by atoms with E-state index in [1.54, 1.807) is 0 Å². The van der Waals surface area contributed by atoms with Crippen LogP contribution in [0, 0.1) is 12.8 Å². The highest BCUT2D eigenvalue weighted by Gasteiger charge is 2.35. The van der Waals surface area contributed by atoms with E-state index in [9.17, 15) is 0 Å². The summed E-state index contributed by atoms with van der Waals surface area (Å²) in [5.74, 6) is 0.579. The fourth-order valence-electron chi connectivity index (χ4n) is 2.40. The van der Waals surface area contributed by atoms with Gasteiger partial charge in [0.25, 0.3) is 0 Å².